The lowest BCUT2D eigenvalue weighted by Gasteiger charge is -2.27. The van der Waals surface area contributed by atoms with Gasteiger partial charge in [-0.05, 0) is 57.2 Å². The molecule has 0 radical (unpaired) electrons. The number of unbranched alkanes of at least 4 members (excludes halogenated alkanes) is 1. The van der Waals surface area contributed by atoms with E-state index in [9.17, 15) is 0 Å². The third kappa shape index (κ3) is 5.81. The van der Waals surface area contributed by atoms with Crippen LogP contribution in [0.15, 0.2) is 43.0 Å². The summed E-state index contributed by atoms with van der Waals surface area (Å²) in [6, 6.07) is 8.86. The smallest absolute Gasteiger partial charge is 0.0945 e. The van der Waals surface area contributed by atoms with E-state index in [4.69, 9.17) is 5.11 Å². The Morgan fingerprint density at radius 2 is 1.91 bits per heavy atom. The van der Waals surface area contributed by atoms with Crippen LogP contribution in [0.25, 0.3) is 0 Å². The van der Waals surface area contributed by atoms with E-state index in [1.54, 1.807) is 0 Å². The number of aromatic nitrogens is 2. The quantitative estimate of drug-likeness (QED) is 0.662. The van der Waals surface area contributed by atoms with Gasteiger partial charge in [0.2, 0.25) is 0 Å². The Labute approximate surface area is 139 Å². The minimum absolute atomic E-state index is 0.0292. The van der Waals surface area contributed by atoms with Crippen LogP contribution in [0, 0.1) is 0 Å². The molecule has 0 saturated carbocycles. The van der Waals surface area contributed by atoms with Crippen molar-refractivity contribution in [2.75, 3.05) is 13.2 Å². The summed E-state index contributed by atoms with van der Waals surface area (Å²) in [6.45, 7) is 6.71. The second-order valence-corrected chi connectivity index (χ2v) is 6.58. The molecule has 0 atom stereocenters. The highest BCUT2D eigenvalue weighted by atomic mass is 16.2. The molecule has 0 saturated heterocycles. The van der Waals surface area contributed by atoms with Crippen molar-refractivity contribution in [3.8, 4) is 0 Å². The summed E-state index contributed by atoms with van der Waals surface area (Å²) in [5.74, 6) is 0. The number of aryl methyl sites for hydroxylation is 2. The minimum atomic E-state index is -0.0292. The molecule has 0 fully saturated rings. The molecule has 0 amide bonds. The van der Waals surface area contributed by atoms with Crippen molar-refractivity contribution in [3.63, 3.8) is 0 Å². The first kappa shape index (κ1) is 17.7. The van der Waals surface area contributed by atoms with E-state index in [0.717, 1.165) is 38.8 Å². The number of nitrogens with one attached hydrogen (secondary N) is 1. The Kier molecular flexibility index (Phi) is 6.81. The summed E-state index contributed by atoms with van der Waals surface area (Å²) in [4.78, 5) is 4.06. The number of hydrogen-bond donors (Lipinski definition) is 2. The largest absolute Gasteiger partial charge is 0.396 e. The molecule has 0 spiro atoms. The molecule has 0 aliphatic heterocycles. The molecule has 4 nitrogen and oxygen atoms in total. The van der Waals surface area contributed by atoms with Crippen molar-refractivity contribution in [1.29, 1.82) is 0 Å². The van der Waals surface area contributed by atoms with E-state index in [2.05, 4.69) is 53.0 Å². The van der Waals surface area contributed by atoms with E-state index in [1.165, 1.54) is 11.1 Å². The van der Waals surface area contributed by atoms with Crippen molar-refractivity contribution in [1.82, 2.24) is 14.9 Å². The van der Waals surface area contributed by atoms with Gasteiger partial charge in [-0.1, -0.05) is 24.3 Å². The van der Waals surface area contributed by atoms with Crippen LogP contribution in [0.2, 0.25) is 0 Å². The van der Waals surface area contributed by atoms with Crippen molar-refractivity contribution >= 4 is 0 Å². The van der Waals surface area contributed by atoms with Crippen molar-refractivity contribution < 1.29 is 5.11 Å². The maximum atomic E-state index is 8.85. The lowest BCUT2D eigenvalue weighted by molar-refractivity contribution is 0.284. The minimum Gasteiger partial charge on any atom is -0.396 e. The topological polar surface area (TPSA) is 50.1 Å². The number of aliphatic hydroxyl groups is 1. The van der Waals surface area contributed by atoms with Crippen LogP contribution in [0.5, 0.6) is 0 Å². The van der Waals surface area contributed by atoms with Gasteiger partial charge in [0, 0.05) is 31.1 Å². The van der Waals surface area contributed by atoms with Gasteiger partial charge in [-0.3, -0.25) is 0 Å². The zero-order valence-electron chi connectivity index (χ0n) is 14.3. The standard InChI is InChI=1S/C19H29N3O/c1-19(2,21-11-5-13-22-14-12-20-16-22)18-9-7-17(8-10-18)6-3-4-15-23/h7-10,12,14,16,21,23H,3-6,11,13,15H2,1-2H3. The molecule has 126 valence electrons. The molecule has 1 aromatic carbocycles. The molecule has 0 bridgehead atoms. The molecular weight excluding hydrogens is 286 g/mol. The predicted molar refractivity (Wildman–Crippen MR) is 94.3 cm³/mol. The summed E-state index contributed by atoms with van der Waals surface area (Å²) < 4.78 is 2.11. The fourth-order valence-electron chi connectivity index (χ4n) is 2.71. The highest BCUT2D eigenvalue weighted by molar-refractivity contribution is 5.27. The maximum Gasteiger partial charge on any atom is 0.0945 e. The summed E-state index contributed by atoms with van der Waals surface area (Å²) >= 11 is 0. The van der Waals surface area contributed by atoms with Crippen LogP contribution in [-0.4, -0.2) is 27.8 Å². The van der Waals surface area contributed by atoms with Gasteiger partial charge in [-0.25, -0.2) is 4.98 Å². The number of benzene rings is 1. The molecule has 2 N–H and O–H groups in total. The molecule has 0 aliphatic carbocycles. The number of nitrogens with zero attached hydrogens (tertiary/aromatic N) is 2. The van der Waals surface area contributed by atoms with Gasteiger partial charge in [-0.15, -0.1) is 0 Å². The molecule has 1 aromatic heterocycles. The van der Waals surface area contributed by atoms with Gasteiger partial charge in [0.25, 0.3) is 0 Å². The molecular formula is C19H29N3O. The van der Waals surface area contributed by atoms with E-state index in [1.807, 2.05) is 18.7 Å². The van der Waals surface area contributed by atoms with Gasteiger partial charge in [0.15, 0.2) is 0 Å². The zero-order chi connectivity index (χ0) is 16.5. The van der Waals surface area contributed by atoms with E-state index in [-0.39, 0.29) is 12.1 Å². The van der Waals surface area contributed by atoms with Gasteiger partial charge in [0.1, 0.15) is 0 Å². The maximum absolute atomic E-state index is 8.85. The van der Waals surface area contributed by atoms with Gasteiger partial charge in [-0.2, -0.15) is 0 Å². The van der Waals surface area contributed by atoms with E-state index >= 15 is 0 Å². The van der Waals surface area contributed by atoms with Gasteiger partial charge >= 0.3 is 0 Å². The molecule has 0 aliphatic rings. The van der Waals surface area contributed by atoms with Crippen LogP contribution < -0.4 is 5.32 Å². The zero-order valence-corrected chi connectivity index (χ0v) is 14.3. The number of imidazole rings is 1. The van der Waals surface area contributed by atoms with Crippen LogP contribution in [0.1, 0.15) is 44.2 Å². The SMILES string of the molecule is CC(C)(NCCCn1ccnc1)c1ccc(CCCCO)cc1. The Bertz CT molecular complexity index is 547. The average molecular weight is 315 g/mol. The first-order valence-corrected chi connectivity index (χ1v) is 8.53. The second kappa shape index (κ2) is 8.85. The predicted octanol–water partition coefficient (Wildman–Crippen LogP) is 3.11. The van der Waals surface area contributed by atoms with Crippen molar-refractivity contribution in [3.05, 3.63) is 54.1 Å². The highest BCUT2D eigenvalue weighted by Gasteiger charge is 2.18. The van der Waals surface area contributed by atoms with Crippen LogP contribution >= 0.6 is 0 Å². The molecule has 23 heavy (non-hydrogen) atoms. The Balaban J connectivity index is 1.78. The van der Waals surface area contributed by atoms with Crippen molar-refractivity contribution in [2.24, 2.45) is 0 Å². The van der Waals surface area contributed by atoms with E-state index in [0.29, 0.717) is 0 Å². The number of hydrogen-bond acceptors (Lipinski definition) is 3. The molecule has 2 aromatic rings. The fraction of sp³-hybridized carbons (Fsp3) is 0.526. The first-order valence-electron chi connectivity index (χ1n) is 8.53. The normalized spacial score (nSPS) is 11.8. The lowest BCUT2D eigenvalue weighted by atomic mass is 9.92. The molecule has 4 heteroatoms. The Hall–Kier alpha value is -1.65. The summed E-state index contributed by atoms with van der Waals surface area (Å²) in [5.41, 5.74) is 2.63. The molecule has 0 unspecified atom stereocenters. The monoisotopic (exact) mass is 315 g/mol. The second-order valence-electron chi connectivity index (χ2n) is 6.58. The molecule has 1 heterocycles. The van der Waals surface area contributed by atoms with Gasteiger partial charge in [0.05, 0.1) is 6.33 Å². The summed E-state index contributed by atoms with van der Waals surface area (Å²) in [5, 5.41) is 12.5. The van der Waals surface area contributed by atoms with Crippen LogP contribution in [0.4, 0.5) is 0 Å². The van der Waals surface area contributed by atoms with Crippen molar-refractivity contribution in [2.45, 2.75) is 51.6 Å². The highest BCUT2D eigenvalue weighted by Crippen LogP contribution is 2.21. The Morgan fingerprint density at radius 3 is 2.57 bits per heavy atom. The summed E-state index contributed by atoms with van der Waals surface area (Å²) in [7, 11) is 0. The third-order valence-corrected chi connectivity index (χ3v) is 4.27. The number of rotatable bonds is 10. The Morgan fingerprint density at radius 1 is 1.13 bits per heavy atom. The summed E-state index contributed by atoms with van der Waals surface area (Å²) in [6.07, 6.45) is 9.73. The van der Waals surface area contributed by atoms with E-state index < -0.39 is 0 Å². The third-order valence-electron chi connectivity index (χ3n) is 4.27. The lowest BCUT2D eigenvalue weighted by Crippen LogP contribution is -2.37. The van der Waals surface area contributed by atoms with Crippen LogP contribution in [-0.2, 0) is 18.5 Å². The first-order chi connectivity index (χ1) is 11.1. The van der Waals surface area contributed by atoms with Gasteiger partial charge < -0.3 is 15.0 Å². The number of aliphatic hydroxyl groups excluding tert-OH is 1. The average Bonchev–Trinajstić information content (AvgIpc) is 3.06. The van der Waals surface area contributed by atoms with Crippen LogP contribution in [0.3, 0.4) is 0 Å². The molecule has 2 rings (SSSR count). The fourth-order valence-corrected chi connectivity index (χ4v) is 2.71.